The van der Waals surface area contributed by atoms with Gasteiger partial charge in [0, 0.05) is 10.8 Å². The van der Waals surface area contributed by atoms with Crippen LogP contribution in [0.3, 0.4) is 0 Å². The number of guanidine groups is 1. The second-order valence-corrected chi connectivity index (χ2v) is 3.02. The Bertz CT molecular complexity index is 539. The summed E-state index contributed by atoms with van der Waals surface area (Å²) in [4.78, 5) is 2.87. The number of aromatic nitrogens is 1. The van der Waals surface area contributed by atoms with Gasteiger partial charge in [0.25, 0.3) is 0 Å². The molecular formula is C9H10N6. The Morgan fingerprint density at radius 1 is 1.27 bits per heavy atom. The normalized spacial score (nSPS) is 11.2. The Hall–Kier alpha value is -2.37. The van der Waals surface area contributed by atoms with Gasteiger partial charge < -0.3 is 16.5 Å². The molecule has 0 aliphatic heterocycles. The molecule has 6 N–H and O–H groups in total. The van der Waals surface area contributed by atoms with Gasteiger partial charge in [0.1, 0.15) is 5.82 Å². The molecule has 0 saturated carbocycles. The van der Waals surface area contributed by atoms with Gasteiger partial charge in [-0.2, -0.15) is 0 Å². The van der Waals surface area contributed by atoms with E-state index in [0.29, 0.717) is 11.6 Å². The number of hydrogen-bond acceptors (Lipinski definition) is 3. The highest BCUT2D eigenvalue weighted by molar-refractivity contribution is 5.99. The molecule has 0 atom stereocenters. The van der Waals surface area contributed by atoms with Gasteiger partial charge in [0.15, 0.2) is 5.82 Å². The molecule has 1 aromatic heterocycles. The van der Waals surface area contributed by atoms with Crippen molar-refractivity contribution >= 4 is 28.4 Å². The van der Waals surface area contributed by atoms with Crippen molar-refractivity contribution in [3.05, 3.63) is 24.3 Å². The Morgan fingerprint density at radius 2 is 1.93 bits per heavy atom. The second-order valence-electron chi connectivity index (χ2n) is 3.02. The average Bonchev–Trinajstić information content (AvgIpc) is 2.54. The molecule has 6 nitrogen and oxygen atoms in total. The van der Waals surface area contributed by atoms with Crippen LogP contribution in [0, 0.1) is 5.41 Å². The van der Waals surface area contributed by atoms with Crippen molar-refractivity contribution in [2.24, 2.45) is 16.0 Å². The third-order valence-corrected chi connectivity index (χ3v) is 1.98. The highest BCUT2D eigenvalue weighted by Gasteiger charge is 2.05. The third kappa shape index (κ3) is 1.64. The van der Waals surface area contributed by atoms with Gasteiger partial charge in [0.05, 0.1) is 0 Å². The van der Waals surface area contributed by atoms with Gasteiger partial charge in [-0.1, -0.05) is 24.3 Å². The number of aromatic amines is 1. The molecule has 6 heteroatoms. The zero-order valence-electron chi connectivity index (χ0n) is 7.86. The van der Waals surface area contributed by atoms with E-state index in [9.17, 15) is 0 Å². The van der Waals surface area contributed by atoms with Crippen LogP contribution in [0.2, 0.25) is 0 Å². The zero-order valence-corrected chi connectivity index (χ0v) is 7.86. The van der Waals surface area contributed by atoms with Gasteiger partial charge in [0.2, 0.25) is 5.96 Å². The molecule has 0 saturated heterocycles. The van der Waals surface area contributed by atoms with Crippen LogP contribution in [0.25, 0.3) is 10.8 Å². The van der Waals surface area contributed by atoms with E-state index < -0.39 is 0 Å². The number of nitrogens with one attached hydrogen (secondary N) is 2. The maximum Gasteiger partial charge on any atom is 0.232 e. The summed E-state index contributed by atoms with van der Waals surface area (Å²) in [5, 5.41) is 15.9. The molecule has 0 radical (unpaired) electrons. The molecule has 0 aliphatic carbocycles. The molecular weight excluding hydrogens is 192 g/mol. The number of nitrogens with zero attached hydrogens (tertiary/aromatic N) is 2. The largest absolute Gasteiger partial charge is 0.385 e. The summed E-state index contributed by atoms with van der Waals surface area (Å²) in [5.74, 6) is 0.702. The van der Waals surface area contributed by atoms with Crippen LogP contribution < -0.4 is 11.5 Å². The Morgan fingerprint density at radius 3 is 2.60 bits per heavy atom. The van der Waals surface area contributed by atoms with Crippen LogP contribution in [0.15, 0.2) is 34.5 Å². The van der Waals surface area contributed by atoms with Gasteiger partial charge in [-0.05, 0) is 0 Å². The van der Waals surface area contributed by atoms with Crippen molar-refractivity contribution in [3.8, 4) is 0 Å². The molecule has 2 aromatic rings. The average molecular weight is 202 g/mol. The molecule has 0 bridgehead atoms. The van der Waals surface area contributed by atoms with Crippen LogP contribution in [-0.4, -0.2) is 10.9 Å². The minimum Gasteiger partial charge on any atom is -0.385 e. The predicted molar refractivity (Wildman–Crippen MR) is 59.1 cm³/mol. The van der Waals surface area contributed by atoms with E-state index >= 15 is 0 Å². The van der Waals surface area contributed by atoms with Crippen molar-refractivity contribution < 1.29 is 0 Å². The molecule has 15 heavy (non-hydrogen) atoms. The fourth-order valence-corrected chi connectivity index (χ4v) is 1.37. The number of nitrogens with two attached hydrogens (primary N) is 2. The minimum atomic E-state index is -0.341. The van der Waals surface area contributed by atoms with Crippen LogP contribution in [-0.2, 0) is 0 Å². The Balaban J connectivity index is 2.57. The van der Waals surface area contributed by atoms with Crippen LogP contribution >= 0.6 is 0 Å². The highest BCUT2D eigenvalue weighted by atomic mass is 15.2. The Kier molecular flexibility index (Phi) is 2.09. The summed E-state index contributed by atoms with van der Waals surface area (Å²) in [6, 6.07) is 7.52. The summed E-state index contributed by atoms with van der Waals surface area (Å²) < 4.78 is 0. The summed E-state index contributed by atoms with van der Waals surface area (Å²) >= 11 is 0. The molecule has 0 spiro atoms. The van der Waals surface area contributed by atoms with E-state index in [4.69, 9.17) is 16.9 Å². The molecule has 0 aliphatic rings. The lowest BCUT2D eigenvalue weighted by Gasteiger charge is -1.89. The maximum atomic E-state index is 6.93. The van der Waals surface area contributed by atoms with Gasteiger partial charge in [-0.3, -0.25) is 5.41 Å². The first-order valence-electron chi connectivity index (χ1n) is 4.30. The van der Waals surface area contributed by atoms with E-state index in [1.807, 2.05) is 24.3 Å². The van der Waals surface area contributed by atoms with Crippen LogP contribution in [0.1, 0.15) is 0 Å². The number of hydrogen-bond donors (Lipinski definition) is 4. The van der Waals surface area contributed by atoms with Crippen molar-refractivity contribution in [1.82, 2.24) is 4.98 Å². The van der Waals surface area contributed by atoms with E-state index in [1.54, 1.807) is 0 Å². The monoisotopic (exact) mass is 202 g/mol. The van der Waals surface area contributed by atoms with E-state index in [-0.39, 0.29) is 5.96 Å². The summed E-state index contributed by atoms with van der Waals surface area (Å²) in [6.07, 6.45) is 0. The SMILES string of the molecule is N=C(N)N=Nc1[nH]c(N)c2ccccc12. The van der Waals surface area contributed by atoms with Gasteiger partial charge in [-0.25, -0.2) is 0 Å². The lowest BCUT2D eigenvalue weighted by atomic mass is 10.2. The van der Waals surface area contributed by atoms with Crippen molar-refractivity contribution in [2.75, 3.05) is 5.73 Å². The first-order valence-corrected chi connectivity index (χ1v) is 4.30. The summed E-state index contributed by atoms with van der Waals surface area (Å²) in [5.41, 5.74) is 10.8. The first kappa shape index (κ1) is 9.20. The fourth-order valence-electron chi connectivity index (χ4n) is 1.37. The van der Waals surface area contributed by atoms with E-state index in [0.717, 1.165) is 10.8 Å². The van der Waals surface area contributed by atoms with E-state index in [2.05, 4.69) is 15.2 Å². The number of rotatable bonds is 1. The molecule has 1 aromatic carbocycles. The van der Waals surface area contributed by atoms with Crippen molar-refractivity contribution in [3.63, 3.8) is 0 Å². The van der Waals surface area contributed by atoms with E-state index in [1.165, 1.54) is 0 Å². The third-order valence-electron chi connectivity index (χ3n) is 1.98. The summed E-state index contributed by atoms with van der Waals surface area (Å²) in [6.45, 7) is 0. The first-order chi connectivity index (χ1) is 7.18. The maximum absolute atomic E-state index is 6.93. The fraction of sp³-hybridized carbons (Fsp3) is 0. The van der Waals surface area contributed by atoms with Gasteiger partial charge >= 0.3 is 0 Å². The highest BCUT2D eigenvalue weighted by Crippen LogP contribution is 2.29. The number of fused-ring (bicyclic) bond motifs is 1. The minimum absolute atomic E-state index is 0.341. The number of anilines is 1. The topological polar surface area (TPSA) is 116 Å². The molecule has 1 heterocycles. The number of azo groups is 1. The van der Waals surface area contributed by atoms with Crippen LogP contribution in [0.4, 0.5) is 11.6 Å². The van der Waals surface area contributed by atoms with Gasteiger partial charge in [-0.15, -0.1) is 10.2 Å². The van der Waals surface area contributed by atoms with Crippen LogP contribution in [0.5, 0.6) is 0 Å². The quantitative estimate of drug-likeness (QED) is 0.320. The number of benzene rings is 1. The number of H-pyrrole nitrogens is 1. The zero-order chi connectivity index (χ0) is 10.8. The van der Waals surface area contributed by atoms with Crippen molar-refractivity contribution in [1.29, 1.82) is 5.41 Å². The standard InChI is InChI=1S/C9H10N6/c10-7-5-3-1-2-4-6(5)8(13-7)14-15-9(11)12/h1-4,13H,10H2,(H3,11,12). The molecule has 0 fully saturated rings. The Labute approximate surface area is 85.5 Å². The second kappa shape index (κ2) is 3.41. The molecule has 0 amide bonds. The van der Waals surface area contributed by atoms with Crippen molar-refractivity contribution in [2.45, 2.75) is 0 Å². The smallest absolute Gasteiger partial charge is 0.232 e. The molecule has 2 rings (SSSR count). The molecule has 0 unspecified atom stereocenters. The lowest BCUT2D eigenvalue weighted by molar-refractivity contribution is 1.18. The number of nitrogen functional groups attached to an aromatic ring is 1. The summed E-state index contributed by atoms with van der Waals surface area (Å²) in [7, 11) is 0. The predicted octanol–water partition coefficient (Wildman–Crippen LogP) is 1.73. The molecule has 76 valence electrons. The lowest BCUT2D eigenvalue weighted by Crippen LogP contribution is -2.03.